The van der Waals surface area contributed by atoms with E-state index in [9.17, 15) is 10.1 Å². The molecule has 6 heteroatoms. The summed E-state index contributed by atoms with van der Waals surface area (Å²) in [7, 11) is 0. The fraction of sp³-hybridized carbons (Fsp3) is 0.312. The van der Waals surface area contributed by atoms with Crippen LogP contribution in [0.1, 0.15) is 19.4 Å². The first-order valence-corrected chi connectivity index (χ1v) is 7.89. The van der Waals surface area contributed by atoms with Gasteiger partial charge in [0.2, 0.25) is 16.3 Å². The number of ether oxygens (including phenoxy) is 1. The van der Waals surface area contributed by atoms with E-state index in [1.54, 1.807) is 12.1 Å². The molecule has 0 saturated carbocycles. The summed E-state index contributed by atoms with van der Waals surface area (Å²) in [6.07, 6.45) is 3.84. The van der Waals surface area contributed by atoms with Crippen molar-refractivity contribution in [1.82, 2.24) is 0 Å². The molecule has 2 rings (SSSR count). The predicted molar refractivity (Wildman–Crippen MR) is 85.0 cm³/mol. The summed E-state index contributed by atoms with van der Waals surface area (Å²) in [4.78, 5) is 10.8. The molecule has 0 spiro atoms. The van der Waals surface area contributed by atoms with Crippen molar-refractivity contribution in [1.29, 1.82) is 0 Å². The summed E-state index contributed by atoms with van der Waals surface area (Å²) < 4.78 is 7.65. The van der Waals surface area contributed by atoms with E-state index in [2.05, 4.69) is 16.3 Å². The lowest BCUT2D eigenvalue weighted by Crippen LogP contribution is -2.32. The number of hydrogen-bond acceptors (Lipinski definition) is 3. The van der Waals surface area contributed by atoms with Crippen molar-refractivity contribution in [2.75, 3.05) is 0 Å². The van der Waals surface area contributed by atoms with Crippen molar-refractivity contribution >= 4 is 22.0 Å². The lowest BCUT2D eigenvalue weighted by atomic mass is 10.0. The van der Waals surface area contributed by atoms with Crippen LogP contribution < -0.4 is 9.30 Å². The lowest BCUT2D eigenvalue weighted by molar-refractivity contribution is -0.678. The van der Waals surface area contributed by atoms with Crippen molar-refractivity contribution in [2.24, 2.45) is 0 Å². The van der Waals surface area contributed by atoms with E-state index in [1.807, 2.05) is 49.9 Å². The van der Waals surface area contributed by atoms with E-state index >= 15 is 0 Å². The Morgan fingerprint density at radius 2 is 1.95 bits per heavy atom. The van der Waals surface area contributed by atoms with Crippen molar-refractivity contribution < 1.29 is 14.2 Å². The number of pyridine rings is 1. The molecule has 0 atom stereocenters. The number of nitro benzene ring substituents is 1. The van der Waals surface area contributed by atoms with E-state index in [0.717, 1.165) is 22.1 Å². The van der Waals surface area contributed by atoms with Gasteiger partial charge in [-0.2, -0.15) is 0 Å². The summed E-state index contributed by atoms with van der Waals surface area (Å²) in [6, 6.07) is 7.33. The number of aryl methyl sites for hydroxylation is 1. The Bertz CT molecular complexity index is 685. The van der Waals surface area contributed by atoms with Gasteiger partial charge in [-0.05, 0) is 43.5 Å². The van der Waals surface area contributed by atoms with Crippen molar-refractivity contribution in [3.63, 3.8) is 0 Å². The zero-order valence-corrected chi connectivity index (χ0v) is 14.1. The Labute approximate surface area is 138 Å². The molecule has 0 bridgehead atoms. The van der Waals surface area contributed by atoms with Gasteiger partial charge in [0, 0.05) is 18.2 Å². The number of benzene rings is 1. The summed E-state index contributed by atoms with van der Waals surface area (Å²) in [5.41, 5.74) is 2.81. The summed E-state index contributed by atoms with van der Waals surface area (Å²) in [6.45, 7) is 5.58. The zero-order valence-electron chi connectivity index (χ0n) is 12.9. The van der Waals surface area contributed by atoms with Crippen LogP contribution in [-0.4, -0.2) is 27.3 Å². The first kappa shape index (κ1) is 16.5. The molecule has 2 aromatic rings. The molecule has 1 aromatic carbocycles. The Morgan fingerprint density at radius 3 is 2.45 bits per heavy atom. The van der Waals surface area contributed by atoms with E-state index < -0.39 is 4.92 Å². The molecule has 2 radical (unpaired) electrons. The molecular weight excluding hydrogens is 295 g/mol. The smallest absolute Gasteiger partial charge is 0.311 e. The van der Waals surface area contributed by atoms with Gasteiger partial charge in [-0.1, -0.05) is 0 Å². The van der Waals surface area contributed by atoms with E-state index in [4.69, 9.17) is 4.74 Å². The second kappa shape index (κ2) is 6.91. The normalized spacial score (nSPS) is 10.7. The molecule has 0 N–H and O–H groups in total. The van der Waals surface area contributed by atoms with Crippen LogP contribution in [0.25, 0.3) is 11.1 Å². The van der Waals surface area contributed by atoms with Crippen LogP contribution in [0, 0.1) is 17.0 Å². The molecule has 0 saturated heterocycles. The lowest BCUT2D eigenvalue weighted by Gasteiger charge is -2.13. The fourth-order valence-electron chi connectivity index (χ4n) is 2.23. The minimum Gasteiger partial charge on any atom is -0.484 e. The highest BCUT2D eigenvalue weighted by atomic mass is 27.0. The van der Waals surface area contributed by atoms with Crippen LogP contribution >= 0.6 is 0 Å². The Morgan fingerprint density at radius 1 is 1.32 bits per heavy atom. The fourth-order valence-corrected chi connectivity index (χ4v) is 2.48. The largest absolute Gasteiger partial charge is 0.484 e. The molecule has 112 valence electrons. The predicted octanol–water partition coefficient (Wildman–Crippen LogP) is 2.77. The molecule has 0 aliphatic heterocycles. The van der Waals surface area contributed by atoms with Gasteiger partial charge < -0.3 is 4.74 Å². The van der Waals surface area contributed by atoms with E-state index in [0.29, 0.717) is 5.75 Å². The summed E-state index contributed by atoms with van der Waals surface area (Å²) >= 11 is 2.66. The van der Waals surface area contributed by atoms with E-state index in [1.165, 1.54) is 0 Å². The molecule has 0 aliphatic carbocycles. The molecule has 22 heavy (non-hydrogen) atoms. The van der Waals surface area contributed by atoms with Crippen molar-refractivity contribution in [2.45, 2.75) is 32.3 Å². The number of nitro groups is 1. The van der Waals surface area contributed by atoms with Gasteiger partial charge in [-0.25, -0.2) is 4.57 Å². The first-order chi connectivity index (χ1) is 10.4. The molecule has 0 amide bonds. The SMILES string of the molecule is Cc1cc([N+](=O)[O-])c(OC(C)C)cc1-c1cc[n+]([CH2][Al])cc1. The molecule has 1 aromatic heterocycles. The Hall–Kier alpha value is -1.90. The number of aromatic nitrogens is 1. The maximum absolute atomic E-state index is 11.2. The topological polar surface area (TPSA) is 56.3 Å². The van der Waals surface area contributed by atoms with Gasteiger partial charge >= 0.3 is 5.69 Å². The van der Waals surface area contributed by atoms with Gasteiger partial charge in [0.25, 0.3) is 0 Å². The maximum Gasteiger partial charge on any atom is 0.311 e. The molecule has 0 aliphatic rings. The van der Waals surface area contributed by atoms with E-state index in [-0.39, 0.29) is 11.8 Å². The molecular formula is C16H18AlN2O3+. The zero-order chi connectivity index (χ0) is 16.3. The van der Waals surface area contributed by atoms with Crippen LogP contribution in [0.5, 0.6) is 5.75 Å². The minimum absolute atomic E-state index is 0.00547. The standard InChI is InChI=1S/C16H18N2O3.Al/c1-11(2)21-16-10-14(12(3)9-15(16)18(19)20)13-5-7-17(4)8-6-13;/h5-11H,4H2,1-3H3;/q+1;. The highest BCUT2D eigenvalue weighted by Gasteiger charge is 2.20. The van der Waals surface area contributed by atoms with Crippen LogP contribution in [-0.2, 0) is 5.41 Å². The third kappa shape index (κ3) is 3.65. The Kier molecular flexibility index (Phi) is 5.17. The van der Waals surface area contributed by atoms with Crippen molar-refractivity contribution in [3.05, 3.63) is 52.3 Å². The summed E-state index contributed by atoms with van der Waals surface area (Å²) in [5, 5.41) is 12.0. The third-order valence-corrected chi connectivity index (χ3v) is 3.70. The minimum atomic E-state index is -0.401. The average Bonchev–Trinajstić information content (AvgIpc) is 2.48. The Balaban J connectivity index is 2.53. The van der Waals surface area contributed by atoms with Crippen LogP contribution in [0.4, 0.5) is 5.69 Å². The highest BCUT2D eigenvalue weighted by Crippen LogP contribution is 2.35. The van der Waals surface area contributed by atoms with Crippen LogP contribution in [0.2, 0.25) is 0 Å². The van der Waals surface area contributed by atoms with Crippen LogP contribution in [0.15, 0.2) is 36.7 Å². The second-order valence-corrected chi connectivity index (χ2v) is 5.71. The monoisotopic (exact) mass is 313 g/mol. The number of hydrogen-bond donors (Lipinski definition) is 0. The number of rotatable bonds is 5. The second-order valence-electron chi connectivity index (χ2n) is 5.34. The molecule has 0 fully saturated rings. The average molecular weight is 313 g/mol. The van der Waals surface area contributed by atoms with Crippen molar-refractivity contribution in [3.8, 4) is 16.9 Å². The van der Waals surface area contributed by atoms with Gasteiger partial charge in [0.05, 0.1) is 16.4 Å². The van der Waals surface area contributed by atoms with Gasteiger partial charge in [0.15, 0.2) is 18.1 Å². The summed E-state index contributed by atoms with van der Waals surface area (Å²) in [5.74, 6) is 0.309. The molecule has 0 unspecified atom stereocenters. The number of nitrogens with zero attached hydrogens (tertiary/aromatic N) is 2. The molecule has 5 nitrogen and oxygen atoms in total. The van der Waals surface area contributed by atoms with Crippen LogP contribution in [0.3, 0.4) is 0 Å². The molecule has 1 heterocycles. The van der Waals surface area contributed by atoms with Gasteiger partial charge in [-0.3, -0.25) is 10.1 Å². The third-order valence-electron chi connectivity index (χ3n) is 3.28. The first-order valence-electron chi connectivity index (χ1n) is 7.07. The van der Waals surface area contributed by atoms with Gasteiger partial charge in [0.1, 0.15) is 0 Å². The maximum atomic E-state index is 11.2. The quantitative estimate of drug-likeness (QED) is 0.369. The highest BCUT2D eigenvalue weighted by molar-refractivity contribution is 6.05. The van der Waals surface area contributed by atoms with Gasteiger partial charge in [-0.15, -0.1) is 0 Å².